The quantitative estimate of drug-likeness (QED) is 0.135. The predicted octanol–water partition coefficient (Wildman–Crippen LogP) is 20.0. The van der Waals surface area contributed by atoms with Crippen LogP contribution in [0.15, 0.2) is 0 Å². The Hall–Kier alpha value is 8.60. The van der Waals surface area contributed by atoms with Crippen molar-refractivity contribution in [3.8, 4) is 0 Å². The molecule has 20 heteroatoms. The van der Waals surface area contributed by atoms with Gasteiger partial charge in [0.15, 0.2) is 0 Å². The third-order valence-corrected chi connectivity index (χ3v) is 58.2. The highest BCUT2D eigenvalue weighted by Gasteiger charge is 2.12. The van der Waals surface area contributed by atoms with Gasteiger partial charge in [-0.25, -0.2) is 0 Å². The molecule has 18 atom stereocenters. The first-order valence-corrected chi connectivity index (χ1v) is 46.8. The molecule has 0 spiro atoms. The minimum atomic E-state index is 0. The van der Waals surface area contributed by atoms with Crippen molar-refractivity contribution in [1.29, 1.82) is 0 Å². The van der Waals surface area contributed by atoms with Crippen LogP contribution in [0, 0.1) is 0 Å². The van der Waals surface area contributed by atoms with Crippen molar-refractivity contribution in [2.45, 2.75) is 87.1 Å². The fraction of sp³-hybridized carbons (Fsp3) is 1.00. The van der Waals surface area contributed by atoms with E-state index in [2.05, 4.69) is 126 Å². The SMILES string of the molecule is C.C.C.C.C.C.C.C.CCP(CP(C)P(P)P)PP.CCP(CP(C)P(P)P)PP.CCPCP(C)P.CCPCP(C)P. The molecule has 0 rings (SSSR count). The molecule has 0 radical (unpaired) electrons. The lowest BCUT2D eigenvalue weighted by Gasteiger charge is -2.21. The Morgan fingerprint density at radius 2 is 0.682 bits per heavy atom. The number of hydrogen-bond donors (Lipinski definition) is 0. The second kappa shape index (κ2) is 66.4. The minimum absolute atomic E-state index is 0. The molecule has 0 aromatic heterocycles. The van der Waals surface area contributed by atoms with Gasteiger partial charge in [0.1, 0.15) is 0 Å². The van der Waals surface area contributed by atoms with Crippen LogP contribution in [0.1, 0.15) is 87.1 Å². The Bertz CT molecular complexity index is 364. The molecule has 0 amide bonds. The maximum atomic E-state index is 2.97. The van der Waals surface area contributed by atoms with Crippen LogP contribution in [0.4, 0.5) is 0 Å². The van der Waals surface area contributed by atoms with E-state index in [0.29, 0.717) is 45.7 Å². The van der Waals surface area contributed by atoms with Gasteiger partial charge in [-0.1, -0.05) is 149 Å². The predicted molar refractivity (Wildman–Crippen MR) is 305 cm³/mol. The summed E-state index contributed by atoms with van der Waals surface area (Å²) in [5.74, 6) is 5.97. The highest BCUT2D eigenvalue weighted by atomic mass is 32.7. The van der Waals surface area contributed by atoms with E-state index in [4.69, 9.17) is 0 Å². The molecule has 0 heterocycles. The molecule has 18 unspecified atom stereocenters. The summed E-state index contributed by atoms with van der Waals surface area (Å²) in [6, 6.07) is 0. The van der Waals surface area contributed by atoms with Gasteiger partial charge in [-0.05, 0) is 88.9 Å². The van der Waals surface area contributed by atoms with Gasteiger partial charge in [0.2, 0.25) is 0 Å². The third-order valence-electron chi connectivity index (χ3n) is 3.89. The van der Waals surface area contributed by atoms with Crippen molar-refractivity contribution < 1.29 is 0 Å². The largest absolute Gasteiger partial charge is 0.118 e. The van der Waals surface area contributed by atoms with Crippen molar-refractivity contribution in [3.63, 3.8) is 0 Å². The van der Waals surface area contributed by atoms with E-state index in [0.717, 1.165) is 15.9 Å². The molecule has 0 saturated heterocycles. The van der Waals surface area contributed by atoms with E-state index < -0.39 is 0 Å². The van der Waals surface area contributed by atoms with Gasteiger partial charge >= 0.3 is 0 Å². The van der Waals surface area contributed by atoms with Gasteiger partial charge in [0.25, 0.3) is 0 Å². The molecule has 0 aromatic rings. The molecule has 0 bridgehead atoms. The highest BCUT2D eigenvalue weighted by molar-refractivity contribution is 8.74. The average Bonchev–Trinajstić information content (AvgIpc) is 2.83. The third kappa shape index (κ3) is 75.5. The minimum Gasteiger partial charge on any atom is -0.118 e. The van der Waals surface area contributed by atoms with Crippen LogP contribution in [0.25, 0.3) is 0 Å². The lowest BCUT2D eigenvalue weighted by molar-refractivity contribution is 1.51. The van der Waals surface area contributed by atoms with Crippen LogP contribution in [-0.4, -0.2) is 74.9 Å². The first-order chi connectivity index (χ1) is 16.8. The van der Waals surface area contributed by atoms with Crippen LogP contribution < -0.4 is 0 Å². The van der Waals surface area contributed by atoms with Crippen LogP contribution in [0.5, 0.6) is 0 Å². The summed E-state index contributed by atoms with van der Waals surface area (Å²) in [5, 5.41) is 0. The first kappa shape index (κ1) is 85.0. The second-order valence-electron chi connectivity index (χ2n) is 7.37. The zero-order chi connectivity index (χ0) is 29.1. The zero-order valence-corrected chi connectivity index (χ0v) is 44.2. The van der Waals surface area contributed by atoms with Crippen molar-refractivity contribution in [3.05, 3.63) is 0 Å². The Labute approximate surface area is 323 Å². The van der Waals surface area contributed by atoms with Crippen molar-refractivity contribution >= 4 is 164 Å². The summed E-state index contributed by atoms with van der Waals surface area (Å²) >= 11 is 0. The zero-order valence-electron chi connectivity index (χ0n) is 23.9. The molecule has 44 heavy (non-hydrogen) atoms. The van der Waals surface area contributed by atoms with Crippen molar-refractivity contribution in [2.75, 3.05) is 74.9 Å². The van der Waals surface area contributed by atoms with Gasteiger partial charge in [0.05, 0.1) is 0 Å². The molecule has 0 fully saturated rings. The lowest BCUT2D eigenvalue weighted by atomic mass is 11.0. The Kier molecular flexibility index (Phi) is 128. The maximum Gasteiger partial charge on any atom is -0.00390 e. The molecule has 0 aliphatic carbocycles. The van der Waals surface area contributed by atoms with E-state index >= 15 is 0 Å². The van der Waals surface area contributed by atoms with Gasteiger partial charge in [0, 0.05) is 0 Å². The summed E-state index contributed by atoms with van der Waals surface area (Å²) in [6.45, 7) is 19.1. The molecular weight excluding hydrogens is 908 g/mol. The molecule has 0 N–H and O–H groups in total. The molecule has 0 aromatic carbocycles. The molecule has 0 saturated carbocycles. The number of hydrogen-bond acceptors (Lipinski definition) is 0. The topological polar surface area (TPSA) is 0 Å². The van der Waals surface area contributed by atoms with Crippen molar-refractivity contribution in [1.82, 2.24) is 0 Å². The average molecular weight is 1000 g/mol. The smallest absolute Gasteiger partial charge is 0.00390 e. The molecule has 288 valence electrons. The first-order valence-electron chi connectivity index (χ1n) is 11.5. The molecule has 0 aliphatic rings. The van der Waals surface area contributed by atoms with Crippen LogP contribution >= 0.6 is 164 Å². The summed E-state index contributed by atoms with van der Waals surface area (Å²) in [7, 11) is 30.2. The summed E-state index contributed by atoms with van der Waals surface area (Å²) in [6.07, 6.45) is 5.59. The fourth-order valence-electron chi connectivity index (χ4n) is 1.68. The Balaban J connectivity index is -0.0000000298. The van der Waals surface area contributed by atoms with Gasteiger partial charge in [-0.3, -0.25) is 0 Å². The summed E-state index contributed by atoms with van der Waals surface area (Å²) in [5.41, 5.74) is 0. The molecule has 0 aliphatic heterocycles. The standard InChI is InChI=1S/2C4H17P7.2C4H13P3.8CH4/c2*1-3-10(8-5)4-9(2)11(6)7;2*1-3-6-4-7(2)5;;;;;;;;/h2*8H,3-7H2,1-2H3;2*6H,3-5H2,1-2H3;8*1H4. The lowest BCUT2D eigenvalue weighted by Crippen LogP contribution is -1.75. The van der Waals surface area contributed by atoms with Crippen LogP contribution in [0.3, 0.4) is 0 Å². The van der Waals surface area contributed by atoms with Gasteiger partial charge < -0.3 is 0 Å². The normalized spacial score (nSPS) is 14.0. The molecule has 0 nitrogen and oxygen atoms in total. The van der Waals surface area contributed by atoms with Gasteiger partial charge in [-0.2, -0.15) is 0 Å². The summed E-state index contributed by atoms with van der Waals surface area (Å²) in [4.78, 5) is 0. The van der Waals surface area contributed by atoms with E-state index in [1.54, 1.807) is 0 Å². The van der Waals surface area contributed by atoms with E-state index in [1.807, 2.05) is 0 Å². The number of rotatable bonds is 16. The Morgan fingerprint density at radius 1 is 0.455 bits per heavy atom. The van der Waals surface area contributed by atoms with Crippen LogP contribution in [-0.2, 0) is 0 Å². The van der Waals surface area contributed by atoms with E-state index in [-0.39, 0.29) is 73.4 Å². The highest BCUT2D eigenvalue weighted by Crippen LogP contribution is 2.82. The monoisotopic (exact) mass is 1000 g/mol. The van der Waals surface area contributed by atoms with Crippen LogP contribution in [0.2, 0.25) is 0 Å². The van der Waals surface area contributed by atoms with Crippen molar-refractivity contribution in [2.24, 2.45) is 0 Å². The van der Waals surface area contributed by atoms with E-state index in [1.165, 1.54) is 65.4 Å². The second-order valence-corrected chi connectivity index (χ2v) is 63.3. The maximum absolute atomic E-state index is 2.97. The molecular formula is C24H92P20. The summed E-state index contributed by atoms with van der Waals surface area (Å²) < 4.78 is 0. The fourth-order valence-corrected chi connectivity index (χ4v) is 45.8. The van der Waals surface area contributed by atoms with Gasteiger partial charge in [-0.15, -0.1) is 88.6 Å². The van der Waals surface area contributed by atoms with E-state index in [9.17, 15) is 0 Å². The Morgan fingerprint density at radius 3 is 0.773 bits per heavy atom.